The summed E-state index contributed by atoms with van der Waals surface area (Å²) in [7, 11) is 0. The average molecular weight is 200 g/mol. The number of hydrogen-bond acceptors (Lipinski definition) is 3. The molecular weight excluding hydrogens is 180 g/mol. The van der Waals surface area contributed by atoms with Crippen LogP contribution in [-0.2, 0) is 9.53 Å². The van der Waals surface area contributed by atoms with Gasteiger partial charge in [-0.2, -0.15) is 0 Å². The molecule has 0 aromatic rings. The molecule has 0 saturated heterocycles. The third-order valence-corrected chi connectivity index (χ3v) is 2.88. The first-order valence-electron chi connectivity index (χ1n) is 5.57. The maximum Gasteiger partial charge on any atom is 0.308 e. The van der Waals surface area contributed by atoms with Crippen LogP contribution in [0.3, 0.4) is 0 Å². The monoisotopic (exact) mass is 200 g/mol. The number of carbonyl (C=O) groups excluding carboxylic acids is 1. The van der Waals surface area contributed by atoms with Crippen molar-refractivity contribution in [1.82, 2.24) is 0 Å². The lowest BCUT2D eigenvalue weighted by molar-refractivity contribution is -0.146. The molecule has 0 aromatic heterocycles. The molecule has 0 spiro atoms. The molecule has 1 fully saturated rings. The number of ether oxygens (including phenoxy) is 1. The van der Waals surface area contributed by atoms with Crippen LogP contribution in [0.1, 0.15) is 45.4 Å². The summed E-state index contributed by atoms with van der Waals surface area (Å²) in [6.45, 7) is 2.18. The summed E-state index contributed by atoms with van der Waals surface area (Å²) in [6.07, 6.45) is 5.42. The predicted molar refractivity (Wildman–Crippen MR) is 53.8 cm³/mol. The molecule has 1 aliphatic carbocycles. The predicted octanol–water partition coefficient (Wildman–Crippen LogP) is 1.88. The molecule has 3 heteroatoms. The first kappa shape index (κ1) is 11.5. The van der Waals surface area contributed by atoms with E-state index in [1.165, 1.54) is 19.3 Å². The number of carbonyl (C=O) groups is 1. The van der Waals surface area contributed by atoms with Gasteiger partial charge >= 0.3 is 5.97 Å². The highest BCUT2D eigenvalue weighted by molar-refractivity contribution is 5.69. The molecule has 0 aliphatic heterocycles. The van der Waals surface area contributed by atoms with Gasteiger partial charge < -0.3 is 9.84 Å². The van der Waals surface area contributed by atoms with E-state index < -0.39 is 6.10 Å². The van der Waals surface area contributed by atoms with Gasteiger partial charge in [-0.15, -0.1) is 0 Å². The van der Waals surface area contributed by atoms with E-state index in [1.807, 2.05) is 0 Å². The maximum absolute atomic E-state index is 11.1. The van der Waals surface area contributed by atoms with Crippen LogP contribution in [-0.4, -0.2) is 23.8 Å². The molecule has 0 amide bonds. The highest BCUT2D eigenvalue weighted by atomic mass is 16.5. The van der Waals surface area contributed by atoms with Gasteiger partial charge in [0.05, 0.1) is 19.1 Å². The van der Waals surface area contributed by atoms with Gasteiger partial charge in [0, 0.05) is 0 Å². The molecular formula is C11H20O3. The van der Waals surface area contributed by atoms with Crippen molar-refractivity contribution in [3.8, 4) is 0 Å². The third-order valence-electron chi connectivity index (χ3n) is 2.88. The minimum Gasteiger partial charge on any atom is -0.466 e. The van der Waals surface area contributed by atoms with Gasteiger partial charge in [0.2, 0.25) is 0 Å². The van der Waals surface area contributed by atoms with Crippen molar-refractivity contribution in [2.24, 2.45) is 5.92 Å². The summed E-state index contributed by atoms with van der Waals surface area (Å²) < 4.78 is 4.80. The van der Waals surface area contributed by atoms with Crippen molar-refractivity contribution in [3.05, 3.63) is 0 Å². The van der Waals surface area contributed by atoms with Crippen LogP contribution >= 0.6 is 0 Å². The SMILES string of the molecule is CCOC(=O)CC(O)C1CCCCC1. The van der Waals surface area contributed by atoms with E-state index in [-0.39, 0.29) is 12.4 Å². The van der Waals surface area contributed by atoms with E-state index in [1.54, 1.807) is 6.92 Å². The van der Waals surface area contributed by atoms with Gasteiger partial charge in [0.15, 0.2) is 0 Å². The fourth-order valence-electron chi connectivity index (χ4n) is 2.08. The van der Waals surface area contributed by atoms with Crippen LogP contribution in [0.5, 0.6) is 0 Å². The summed E-state index contributed by atoms with van der Waals surface area (Å²) >= 11 is 0. The van der Waals surface area contributed by atoms with Gasteiger partial charge in [-0.05, 0) is 25.7 Å². The molecule has 1 N–H and O–H groups in total. The number of aliphatic hydroxyl groups excluding tert-OH is 1. The zero-order chi connectivity index (χ0) is 10.4. The maximum atomic E-state index is 11.1. The normalized spacial score (nSPS) is 20.4. The Labute approximate surface area is 85.5 Å². The molecule has 1 unspecified atom stereocenters. The van der Waals surface area contributed by atoms with Crippen molar-refractivity contribution in [2.75, 3.05) is 6.61 Å². The van der Waals surface area contributed by atoms with E-state index in [0.717, 1.165) is 12.8 Å². The lowest BCUT2D eigenvalue weighted by Gasteiger charge is -2.25. The van der Waals surface area contributed by atoms with Gasteiger partial charge in [-0.25, -0.2) is 0 Å². The summed E-state index contributed by atoms with van der Waals surface area (Å²) in [5.41, 5.74) is 0. The van der Waals surface area contributed by atoms with Crippen molar-refractivity contribution >= 4 is 5.97 Å². The molecule has 0 bridgehead atoms. The van der Waals surface area contributed by atoms with E-state index in [2.05, 4.69) is 0 Å². The van der Waals surface area contributed by atoms with E-state index in [0.29, 0.717) is 12.5 Å². The molecule has 82 valence electrons. The average Bonchev–Trinajstić information content (AvgIpc) is 2.19. The van der Waals surface area contributed by atoms with Crippen molar-refractivity contribution in [2.45, 2.75) is 51.6 Å². The van der Waals surface area contributed by atoms with Gasteiger partial charge in [0.1, 0.15) is 0 Å². The zero-order valence-electron chi connectivity index (χ0n) is 8.87. The lowest BCUT2D eigenvalue weighted by atomic mass is 9.84. The van der Waals surface area contributed by atoms with Crippen LogP contribution in [0.4, 0.5) is 0 Å². The molecule has 0 aromatic carbocycles. The Morgan fingerprint density at radius 1 is 1.43 bits per heavy atom. The second-order valence-electron chi connectivity index (χ2n) is 3.97. The zero-order valence-corrected chi connectivity index (χ0v) is 8.87. The van der Waals surface area contributed by atoms with E-state index in [9.17, 15) is 9.90 Å². The third kappa shape index (κ3) is 3.66. The molecule has 3 nitrogen and oxygen atoms in total. The Bertz CT molecular complexity index is 173. The minimum absolute atomic E-state index is 0.165. The Hall–Kier alpha value is -0.570. The molecule has 14 heavy (non-hydrogen) atoms. The number of esters is 1. The minimum atomic E-state index is -0.491. The van der Waals surface area contributed by atoms with Gasteiger partial charge in [-0.1, -0.05) is 19.3 Å². The molecule has 1 rings (SSSR count). The van der Waals surface area contributed by atoms with E-state index in [4.69, 9.17) is 4.74 Å². The smallest absolute Gasteiger partial charge is 0.308 e. The Morgan fingerprint density at radius 2 is 2.07 bits per heavy atom. The largest absolute Gasteiger partial charge is 0.466 e. The molecule has 0 heterocycles. The second kappa shape index (κ2) is 6.02. The van der Waals surface area contributed by atoms with Crippen molar-refractivity contribution < 1.29 is 14.6 Å². The van der Waals surface area contributed by atoms with Crippen LogP contribution in [0.2, 0.25) is 0 Å². The Kier molecular flexibility index (Phi) is 4.94. The molecule has 1 aliphatic rings. The van der Waals surface area contributed by atoms with Crippen LogP contribution in [0.25, 0.3) is 0 Å². The van der Waals surface area contributed by atoms with Crippen molar-refractivity contribution in [3.63, 3.8) is 0 Å². The second-order valence-corrected chi connectivity index (χ2v) is 3.97. The first-order valence-corrected chi connectivity index (χ1v) is 5.57. The number of hydrogen-bond donors (Lipinski definition) is 1. The fraction of sp³-hybridized carbons (Fsp3) is 0.909. The Morgan fingerprint density at radius 3 is 2.64 bits per heavy atom. The highest BCUT2D eigenvalue weighted by Gasteiger charge is 2.24. The summed E-state index contributed by atoms with van der Waals surface area (Å²) in [5.74, 6) is 0.0405. The van der Waals surface area contributed by atoms with Gasteiger partial charge in [-0.3, -0.25) is 4.79 Å². The van der Waals surface area contributed by atoms with Crippen LogP contribution in [0.15, 0.2) is 0 Å². The Balaban J connectivity index is 2.25. The molecule has 1 atom stereocenters. The molecule has 1 saturated carbocycles. The topological polar surface area (TPSA) is 46.5 Å². The van der Waals surface area contributed by atoms with Crippen LogP contribution in [0, 0.1) is 5.92 Å². The van der Waals surface area contributed by atoms with Gasteiger partial charge in [0.25, 0.3) is 0 Å². The fourth-order valence-corrected chi connectivity index (χ4v) is 2.08. The quantitative estimate of drug-likeness (QED) is 0.705. The van der Waals surface area contributed by atoms with E-state index >= 15 is 0 Å². The van der Waals surface area contributed by atoms with Crippen LogP contribution < -0.4 is 0 Å². The summed E-state index contributed by atoms with van der Waals surface area (Å²) in [6, 6.07) is 0. The highest BCUT2D eigenvalue weighted by Crippen LogP contribution is 2.27. The standard InChI is InChI=1S/C11H20O3/c1-2-14-11(13)8-10(12)9-6-4-3-5-7-9/h9-10,12H,2-8H2,1H3. The number of rotatable bonds is 4. The first-order chi connectivity index (χ1) is 6.74. The summed E-state index contributed by atoms with van der Waals surface area (Å²) in [5, 5.41) is 9.77. The van der Waals surface area contributed by atoms with Crippen molar-refractivity contribution in [1.29, 1.82) is 0 Å². The number of aliphatic hydroxyl groups is 1. The molecule has 0 radical (unpaired) electrons. The summed E-state index contributed by atoms with van der Waals surface area (Å²) in [4.78, 5) is 11.1. The lowest BCUT2D eigenvalue weighted by Crippen LogP contribution is -2.26.